The second kappa shape index (κ2) is 7.38. The van der Waals surface area contributed by atoms with E-state index in [2.05, 4.69) is 36.3 Å². The van der Waals surface area contributed by atoms with E-state index in [1.54, 1.807) is 7.11 Å². The molecule has 3 rings (SSSR count). The molecule has 5 nitrogen and oxygen atoms in total. The summed E-state index contributed by atoms with van der Waals surface area (Å²) in [4.78, 5) is 14.4. The Morgan fingerprint density at radius 1 is 0.962 bits per heavy atom. The average molecular weight is 353 g/mol. The van der Waals surface area contributed by atoms with E-state index >= 15 is 0 Å². The number of rotatable bonds is 4. The lowest BCUT2D eigenvalue weighted by Crippen LogP contribution is -2.51. The molecule has 2 aromatic carbocycles. The molecule has 0 atom stereocenters. The molecule has 1 aliphatic rings. The summed E-state index contributed by atoms with van der Waals surface area (Å²) in [6.07, 6.45) is 0.322. The number of amides is 2. The highest BCUT2D eigenvalue weighted by molar-refractivity contribution is 5.99. The second-order valence-corrected chi connectivity index (χ2v) is 7.72. The minimum atomic E-state index is -0.246. The summed E-state index contributed by atoms with van der Waals surface area (Å²) in [5, 5.41) is 5.73. The number of methoxy groups -OCH3 is 1. The minimum Gasteiger partial charge on any atom is -0.378 e. The van der Waals surface area contributed by atoms with Gasteiger partial charge in [-0.2, -0.15) is 0 Å². The van der Waals surface area contributed by atoms with Crippen LogP contribution in [0, 0.1) is 0 Å². The van der Waals surface area contributed by atoms with Crippen LogP contribution in [0.4, 0.5) is 21.9 Å². The fraction of sp³-hybridized carbons (Fsp3) is 0.381. The monoisotopic (exact) mass is 353 g/mol. The third-order valence-corrected chi connectivity index (χ3v) is 4.68. The Bertz CT molecular complexity index is 742. The van der Waals surface area contributed by atoms with Crippen molar-refractivity contribution in [3.63, 3.8) is 0 Å². The summed E-state index contributed by atoms with van der Waals surface area (Å²) in [5.41, 5.74) is 4.02. The Balaban J connectivity index is 1.53. The molecule has 0 aromatic heterocycles. The molecule has 1 heterocycles. The fourth-order valence-electron chi connectivity index (χ4n) is 2.90. The van der Waals surface area contributed by atoms with Gasteiger partial charge >= 0.3 is 6.03 Å². The summed E-state index contributed by atoms with van der Waals surface area (Å²) >= 11 is 0. The van der Waals surface area contributed by atoms with Crippen molar-refractivity contribution in [2.24, 2.45) is 0 Å². The molecule has 0 spiro atoms. The van der Waals surface area contributed by atoms with Crippen LogP contribution in [0.25, 0.3) is 0 Å². The highest BCUT2D eigenvalue weighted by Crippen LogP contribution is 2.25. The molecule has 1 aliphatic heterocycles. The number of anilines is 3. The van der Waals surface area contributed by atoms with Gasteiger partial charge in [-0.3, -0.25) is 0 Å². The molecule has 5 heteroatoms. The summed E-state index contributed by atoms with van der Waals surface area (Å²) < 4.78 is 5.29. The van der Waals surface area contributed by atoms with Crippen LogP contribution in [-0.4, -0.2) is 32.3 Å². The number of hydrogen-bond donors (Lipinski definition) is 2. The van der Waals surface area contributed by atoms with Gasteiger partial charge in [-0.25, -0.2) is 4.79 Å². The lowest BCUT2D eigenvalue weighted by Gasteiger charge is -2.40. The molecule has 1 saturated heterocycles. The number of benzene rings is 2. The van der Waals surface area contributed by atoms with E-state index in [4.69, 9.17) is 4.74 Å². The van der Waals surface area contributed by atoms with E-state index in [1.807, 2.05) is 48.5 Å². The largest absolute Gasteiger partial charge is 0.378 e. The molecule has 0 radical (unpaired) electrons. The van der Waals surface area contributed by atoms with Crippen LogP contribution < -0.4 is 15.5 Å². The van der Waals surface area contributed by atoms with Crippen LogP contribution in [0.1, 0.15) is 26.3 Å². The van der Waals surface area contributed by atoms with Crippen LogP contribution >= 0.6 is 0 Å². The van der Waals surface area contributed by atoms with Crippen LogP contribution in [0.2, 0.25) is 0 Å². The lowest BCUT2D eigenvalue weighted by molar-refractivity contribution is 0.0788. The number of ether oxygens (including phenoxy) is 1. The van der Waals surface area contributed by atoms with Crippen molar-refractivity contribution in [2.75, 3.05) is 35.7 Å². The quantitative estimate of drug-likeness (QED) is 0.853. The van der Waals surface area contributed by atoms with Gasteiger partial charge in [-0.05, 0) is 47.4 Å². The van der Waals surface area contributed by atoms with Gasteiger partial charge in [0.05, 0.1) is 6.10 Å². The Labute approximate surface area is 155 Å². The minimum absolute atomic E-state index is 0.0995. The first kappa shape index (κ1) is 18.3. The summed E-state index contributed by atoms with van der Waals surface area (Å²) in [5.74, 6) is 0. The first-order valence-electron chi connectivity index (χ1n) is 8.91. The molecule has 0 aliphatic carbocycles. The van der Waals surface area contributed by atoms with Crippen molar-refractivity contribution in [1.82, 2.24) is 0 Å². The van der Waals surface area contributed by atoms with Crippen molar-refractivity contribution >= 4 is 23.1 Å². The summed E-state index contributed by atoms with van der Waals surface area (Å²) in [7, 11) is 1.74. The predicted molar refractivity (Wildman–Crippen MR) is 107 cm³/mol. The number of urea groups is 1. The number of nitrogens with one attached hydrogen (secondary N) is 2. The van der Waals surface area contributed by atoms with Crippen molar-refractivity contribution in [3.8, 4) is 0 Å². The van der Waals surface area contributed by atoms with Crippen LogP contribution in [0.5, 0.6) is 0 Å². The first-order valence-corrected chi connectivity index (χ1v) is 8.91. The predicted octanol–water partition coefficient (Wildman–Crippen LogP) is 4.46. The van der Waals surface area contributed by atoms with E-state index in [0.29, 0.717) is 6.10 Å². The highest BCUT2D eigenvalue weighted by atomic mass is 16.5. The zero-order chi connectivity index (χ0) is 18.7. The fourth-order valence-corrected chi connectivity index (χ4v) is 2.90. The molecule has 0 saturated carbocycles. The maximum Gasteiger partial charge on any atom is 0.323 e. The topological polar surface area (TPSA) is 53.6 Å². The van der Waals surface area contributed by atoms with Crippen LogP contribution in [0.3, 0.4) is 0 Å². The molecule has 1 fully saturated rings. The molecule has 0 unspecified atom stereocenters. The molecular formula is C21H27N3O2. The molecule has 2 N–H and O–H groups in total. The smallest absolute Gasteiger partial charge is 0.323 e. The van der Waals surface area contributed by atoms with Crippen molar-refractivity contribution in [1.29, 1.82) is 0 Å². The molecule has 2 aromatic rings. The molecular weight excluding hydrogens is 326 g/mol. The van der Waals surface area contributed by atoms with Crippen molar-refractivity contribution in [3.05, 3.63) is 54.1 Å². The zero-order valence-corrected chi connectivity index (χ0v) is 15.9. The van der Waals surface area contributed by atoms with E-state index < -0.39 is 0 Å². The summed E-state index contributed by atoms with van der Waals surface area (Å²) in [6, 6.07) is 15.6. The molecule has 2 amide bonds. The highest BCUT2D eigenvalue weighted by Gasteiger charge is 2.26. The Morgan fingerprint density at radius 3 is 1.92 bits per heavy atom. The second-order valence-electron chi connectivity index (χ2n) is 7.72. The van der Waals surface area contributed by atoms with E-state index in [9.17, 15) is 4.79 Å². The van der Waals surface area contributed by atoms with Gasteiger partial charge in [0.2, 0.25) is 0 Å². The maximum absolute atomic E-state index is 12.2. The van der Waals surface area contributed by atoms with Gasteiger partial charge in [0, 0.05) is 37.3 Å². The standard InChI is InChI=1S/C21H27N3O2/c1-21(2,3)15-5-7-16(8-6-15)22-20(25)23-17-9-11-18(12-10-17)24-13-19(14-24)26-4/h5-12,19H,13-14H2,1-4H3,(H2,22,23,25). The Kier molecular flexibility index (Phi) is 5.18. The number of hydrogen-bond acceptors (Lipinski definition) is 3. The van der Waals surface area contributed by atoms with Gasteiger partial charge in [-0.15, -0.1) is 0 Å². The third kappa shape index (κ3) is 4.35. The van der Waals surface area contributed by atoms with E-state index in [0.717, 1.165) is 30.2 Å². The van der Waals surface area contributed by atoms with Gasteiger partial charge in [0.1, 0.15) is 0 Å². The van der Waals surface area contributed by atoms with Gasteiger partial charge in [0.15, 0.2) is 0 Å². The average Bonchev–Trinajstić information content (AvgIpc) is 2.55. The van der Waals surface area contributed by atoms with Gasteiger partial charge < -0.3 is 20.3 Å². The maximum atomic E-state index is 12.2. The van der Waals surface area contributed by atoms with E-state index in [1.165, 1.54) is 5.56 Å². The van der Waals surface area contributed by atoms with Crippen molar-refractivity contribution < 1.29 is 9.53 Å². The number of carbonyl (C=O) groups excluding carboxylic acids is 1. The lowest BCUT2D eigenvalue weighted by atomic mass is 9.87. The van der Waals surface area contributed by atoms with Crippen molar-refractivity contribution in [2.45, 2.75) is 32.3 Å². The van der Waals surface area contributed by atoms with Gasteiger partial charge in [0.25, 0.3) is 0 Å². The Morgan fingerprint density at radius 2 is 1.46 bits per heavy atom. The Hall–Kier alpha value is -2.53. The molecule has 138 valence electrons. The number of carbonyl (C=O) groups is 1. The SMILES string of the molecule is COC1CN(c2ccc(NC(=O)Nc3ccc(C(C)(C)C)cc3)cc2)C1. The third-order valence-electron chi connectivity index (χ3n) is 4.68. The van der Waals surface area contributed by atoms with Crippen LogP contribution in [-0.2, 0) is 10.2 Å². The van der Waals surface area contributed by atoms with E-state index in [-0.39, 0.29) is 11.4 Å². The molecule has 0 bridgehead atoms. The normalized spacial score (nSPS) is 14.7. The first-order chi connectivity index (χ1) is 12.3. The summed E-state index contributed by atoms with van der Waals surface area (Å²) in [6.45, 7) is 8.33. The van der Waals surface area contributed by atoms with Gasteiger partial charge in [-0.1, -0.05) is 32.9 Å². The molecule has 26 heavy (non-hydrogen) atoms. The zero-order valence-electron chi connectivity index (χ0n) is 15.9. The van der Waals surface area contributed by atoms with Crippen LogP contribution in [0.15, 0.2) is 48.5 Å². The number of nitrogens with zero attached hydrogens (tertiary/aromatic N) is 1.